The zero-order valence-corrected chi connectivity index (χ0v) is 12.4. The number of rotatable bonds is 6. The molecule has 1 unspecified atom stereocenters. The van der Waals surface area contributed by atoms with Crippen LogP contribution in [0.25, 0.3) is 11.5 Å². The van der Waals surface area contributed by atoms with Crippen LogP contribution < -0.4 is 5.32 Å². The third kappa shape index (κ3) is 3.88. The second-order valence-corrected chi connectivity index (χ2v) is 5.01. The van der Waals surface area contributed by atoms with Gasteiger partial charge in [-0.2, -0.15) is 4.98 Å². The Morgan fingerprint density at radius 3 is 2.67 bits per heavy atom. The molecule has 0 bridgehead atoms. The standard InChI is InChI=1S/C15H19N3O3/c1-10(2)13(15(19)20-3)16-9-12-17-14(21-18-12)11-7-5-4-6-8-11/h4-8,10,13,16H,9H2,1-3H3. The predicted octanol–water partition coefficient (Wildman–Crippen LogP) is 2.02. The zero-order valence-electron chi connectivity index (χ0n) is 12.4. The van der Waals surface area contributed by atoms with Gasteiger partial charge < -0.3 is 9.26 Å². The van der Waals surface area contributed by atoms with Crippen LogP contribution in [0.15, 0.2) is 34.9 Å². The van der Waals surface area contributed by atoms with Crippen molar-refractivity contribution in [1.29, 1.82) is 0 Å². The summed E-state index contributed by atoms with van der Waals surface area (Å²) in [6, 6.07) is 9.14. The van der Waals surface area contributed by atoms with E-state index in [4.69, 9.17) is 9.26 Å². The Labute approximate surface area is 123 Å². The minimum atomic E-state index is -0.395. The van der Waals surface area contributed by atoms with Gasteiger partial charge in [0.05, 0.1) is 13.7 Å². The number of esters is 1. The molecule has 6 nitrogen and oxygen atoms in total. The molecule has 2 aromatic rings. The lowest BCUT2D eigenvalue weighted by Crippen LogP contribution is -2.41. The Balaban J connectivity index is 2.01. The van der Waals surface area contributed by atoms with Crippen LogP contribution in [0.1, 0.15) is 19.7 Å². The molecule has 0 aliphatic rings. The average Bonchev–Trinajstić information content (AvgIpc) is 2.96. The first-order chi connectivity index (χ1) is 10.1. The number of carbonyl (C=O) groups is 1. The number of aromatic nitrogens is 2. The van der Waals surface area contributed by atoms with Crippen molar-refractivity contribution in [1.82, 2.24) is 15.5 Å². The molecule has 0 amide bonds. The van der Waals surface area contributed by atoms with E-state index in [-0.39, 0.29) is 11.9 Å². The summed E-state index contributed by atoms with van der Waals surface area (Å²) in [4.78, 5) is 16.0. The first-order valence-electron chi connectivity index (χ1n) is 6.81. The maximum atomic E-state index is 11.7. The van der Waals surface area contributed by atoms with E-state index in [2.05, 4.69) is 15.5 Å². The average molecular weight is 289 g/mol. The van der Waals surface area contributed by atoms with Crippen molar-refractivity contribution in [3.63, 3.8) is 0 Å². The zero-order chi connectivity index (χ0) is 15.2. The second kappa shape index (κ2) is 6.99. The van der Waals surface area contributed by atoms with Gasteiger partial charge in [0.15, 0.2) is 5.82 Å². The number of methoxy groups -OCH3 is 1. The molecule has 1 heterocycles. The van der Waals surface area contributed by atoms with E-state index in [1.165, 1.54) is 7.11 Å². The number of hydrogen-bond donors (Lipinski definition) is 1. The molecule has 1 aromatic carbocycles. The molecule has 0 spiro atoms. The van der Waals surface area contributed by atoms with Gasteiger partial charge >= 0.3 is 5.97 Å². The topological polar surface area (TPSA) is 77.2 Å². The van der Waals surface area contributed by atoms with Crippen LogP contribution in [0.4, 0.5) is 0 Å². The Morgan fingerprint density at radius 2 is 2.05 bits per heavy atom. The van der Waals surface area contributed by atoms with Gasteiger partial charge in [-0.1, -0.05) is 37.2 Å². The lowest BCUT2D eigenvalue weighted by atomic mass is 10.0. The van der Waals surface area contributed by atoms with E-state index in [0.717, 1.165) is 5.56 Å². The SMILES string of the molecule is COC(=O)C(NCc1noc(-c2ccccc2)n1)C(C)C. The molecule has 0 radical (unpaired) electrons. The summed E-state index contributed by atoms with van der Waals surface area (Å²) < 4.78 is 9.98. The highest BCUT2D eigenvalue weighted by atomic mass is 16.5. The normalized spacial score (nSPS) is 12.4. The van der Waals surface area contributed by atoms with Gasteiger partial charge in [-0.3, -0.25) is 10.1 Å². The molecule has 1 N–H and O–H groups in total. The molecule has 0 aliphatic heterocycles. The molecule has 0 fully saturated rings. The maximum Gasteiger partial charge on any atom is 0.323 e. The van der Waals surface area contributed by atoms with Crippen molar-refractivity contribution in [3.05, 3.63) is 36.2 Å². The van der Waals surface area contributed by atoms with E-state index in [1.807, 2.05) is 44.2 Å². The van der Waals surface area contributed by atoms with E-state index in [0.29, 0.717) is 18.3 Å². The summed E-state index contributed by atoms with van der Waals surface area (Å²) in [6.07, 6.45) is 0. The van der Waals surface area contributed by atoms with Crippen LogP contribution in [0.3, 0.4) is 0 Å². The summed E-state index contributed by atoms with van der Waals surface area (Å²) in [5.41, 5.74) is 0.865. The maximum absolute atomic E-state index is 11.7. The lowest BCUT2D eigenvalue weighted by Gasteiger charge is -2.18. The quantitative estimate of drug-likeness (QED) is 0.820. The first kappa shape index (κ1) is 15.2. The Kier molecular flexibility index (Phi) is 5.05. The minimum absolute atomic E-state index is 0.109. The molecule has 1 aromatic heterocycles. The molecular weight excluding hydrogens is 270 g/mol. The Hall–Kier alpha value is -2.21. The molecule has 0 saturated carbocycles. The summed E-state index contributed by atoms with van der Waals surface area (Å²) in [5.74, 6) is 0.782. The van der Waals surface area contributed by atoms with Crippen molar-refractivity contribution in [2.24, 2.45) is 5.92 Å². The second-order valence-electron chi connectivity index (χ2n) is 5.01. The van der Waals surface area contributed by atoms with Gasteiger partial charge in [0.25, 0.3) is 5.89 Å². The number of hydrogen-bond acceptors (Lipinski definition) is 6. The third-order valence-corrected chi connectivity index (χ3v) is 3.09. The molecule has 112 valence electrons. The molecular formula is C15H19N3O3. The summed E-state index contributed by atoms with van der Waals surface area (Å²) in [7, 11) is 1.38. The van der Waals surface area contributed by atoms with Crippen LogP contribution in [-0.2, 0) is 16.1 Å². The molecule has 21 heavy (non-hydrogen) atoms. The fraction of sp³-hybridized carbons (Fsp3) is 0.400. The summed E-state index contributed by atoms with van der Waals surface area (Å²) in [5, 5.41) is 7.00. The lowest BCUT2D eigenvalue weighted by molar-refractivity contribution is -0.144. The van der Waals surface area contributed by atoms with Gasteiger partial charge in [0, 0.05) is 5.56 Å². The van der Waals surface area contributed by atoms with Crippen molar-refractivity contribution in [2.45, 2.75) is 26.4 Å². The van der Waals surface area contributed by atoms with Crippen LogP contribution >= 0.6 is 0 Å². The smallest absolute Gasteiger partial charge is 0.323 e. The van der Waals surface area contributed by atoms with Crippen LogP contribution in [-0.4, -0.2) is 29.3 Å². The van der Waals surface area contributed by atoms with Crippen LogP contribution in [0.2, 0.25) is 0 Å². The van der Waals surface area contributed by atoms with E-state index >= 15 is 0 Å². The van der Waals surface area contributed by atoms with Gasteiger partial charge in [-0.25, -0.2) is 0 Å². The molecule has 0 aliphatic carbocycles. The van der Waals surface area contributed by atoms with E-state index in [9.17, 15) is 4.79 Å². The van der Waals surface area contributed by atoms with Gasteiger partial charge in [-0.15, -0.1) is 0 Å². The number of ether oxygens (including phenoxy) is 1. The number of carbonyl (C=O) groups excluding carboxylic acids is 1. The van der Waals surface area contributed by atoms with Crippen molar-refractivity contribution in [3.8, 4) is 11.5 Å². The van der Waals surface area contributed by atoms with Crippen molar-refractivity contribution >= 4 is 5.97 Å². The van der Waals surface area contributed by atoms with Crippen LogP contribution in [0, 0.1) is 5.92 Å². The minimum Gasteiger partial charge on any atom is -0.468 e. The third-order valence-electron chi connectivity index (χ3n) is 3.09. The van der Waals surface area contributed by atoms with E-state index < -0.39 is 6.04 Å². The Morgan fingerprint density at radius 1 is 1.33 bits per heavy atom. The Bertz CT molecular complexity index is 581. The highest BCUT2D eigenvalue weighted by Gasteiger charge is 2.23. The van der Waals surface area contributed by atoms with Gasteiger partial charge in [-0.05, 0) is 18.1 Å². The molecule has 0 saturated heterocycles. The predicted molar refractivity (Wildman–Crippen MR) is 77.2 cm³/mol. The molecule has 1 atom stereocenters. The highest BCUT2D eigenvalue weighted by Crippen LogP contribution is 2.16. The van der Waals surface area contributed by atoms with Crippen molar-refractivity contribution in [2.75, 3.05) is 7.11 Å². The van der Waals surface area contributed by atoms with Gasteiger partial charge in [0.2, 0.25) is 0 Å². The number of benzene rings is 1. The fourth-order valence-electron chi connectivity index (χ4n) is 1.94. The van der Waals surface area contributed by atoms with Gasteiger partial charge in [0.1, 0.15) is 6.04 Å². The fourth-order valence-corrected chi connectivity index (χ4v) is 1.94. The first-order valence-corrected chi connectivity index (χ1v) is 6.81. The van der Waals surface area contributed by atoms with E-state index in [1.54, 1.807) is 0 Å². The largest absolute Gasteiger partial charge is 0.468 e. The van der Waals surface area contributed by atoms with Crippen LogP contribution in [0.5, 0.6) is 0 Å². The summed E-state index contributed by atoms with van der Waals surface area (Å²) in [6.45, 7) is 4.23. The summed E-state index contributed by atoms with van der Waals surface area (Å²) >= 11 is 0. The highest BCUT2D eigenvalue weighted by molar-refractivity contribution is 5.75. The number of nitrogens with zero attached hydrogens (tertiary/aromatic N) is 2. The van der Waals surface area contributed by atoms with Crippen molar-refractivity contribution < 1.29 is 14.1 Å². The molecule has 6 heteroatoms. The number of nitrogens with one attached hydrogen (secondary N) is 1. The molecule has 2 rings (SSSR count). The monoisotopic (exact) mass is 289 g/mol.